The Morgan fingerprint density at radius 3 is 3.10 bits per heavy atom. The van der Waals surface area contributed by atoms with Gasteiger partial charge in [-0.15, -0.1) is 0 Å². The van der Waals surface area contributed by atoms with Crippen LogP contribution in [0.5, 0.6) is 0 Å². The normalized spacial score (nSPS) is 17.8. The molecule has 0 amide bonds. The van der Waals surface area contributed by atoms with Crippen LogP contribution in [-0.4, -0.2) is 13.7 Å². The van der Waals surface area contributed by atoms with Crippen molar-refractivity contribution in [2.45, 2.75) is 12.8 Å². The quantitative estimate of drug-likeness (QED) is 0.623. The van der Waals surface area contributed by atoms with Gasteiger partial charge in [0.05, 0.1) is 12.9 Å². The highest BCUT2D eigenvalue weighted by atomic mass is 16.5. The monoisotopic (exact) mass is 139 g/mol. The summed E-state index contributed by atoms with van der Waals surface area (Å²) in [7, 11) is 1.70. The van der Waals surface area contributed by atoms with Crippen LogP contribution in [0, 0.1) is 0 Å². The first-order valence-electron chi connectivity index (χ1n) is 3.50. The maximum absolute atomic E-state index is 5.45. The van der Waals surface area contributed by atoms with Gasteiger partial charge >= 0.3 is 0 Å². The van der Waals surface area contributed by atoms with E-state index in [-0.39, 0.29) is 0 Å². The fourth-order valence-corrected chi connectivity index (χ4v) is 1.04. The number of hydrogen-bond donors (Lipinski definition) is 1. The highest BCUT2D eigenvalue weighted by Crippen LogP contribution is 2.16. The van der Waals surface area contributed by atoms with Crippen molar-refractivity contribution >= 4 is 0 Å². The first-order valence-corrected chi connectivity index (χ1v) is 3.50. The summed E-state index contributed by atoms with van der Waals surface area (Å²) in [5.41, 5.74) is 6.64. The Labute approximate surface area is 61.4 Å². The third-order valence-corrected chi connectivity index (χ3v) is 1.64. The second-order valence-electron chi connectivity index (χ2n) is 2.34. The molecule has 1 rings (SSSR count). The van der Waals surface area contributed by atoms with Gasteiger partial charge in [0.2, 0.25) is 0 Å². The van der Waals surface area contributed by atoms with Crippen LogP contribution < -0.4 is 5.73 Å². The molecule has 0 aromatic heterocycles. The Kier molecular flexibility index (Phi) is 2.51. The fraction of sp³-hybridized carbons (Fsp3) is 0.500. The second kappa shape index (κ2) is 3.42. The van der Waals surface area contributed by atoms with Gasteiger partial charge in [0.1, 0.15) is 0 Å². The maximum Gasteiger partial charge on any atom is 0.0961 e. The molecule has 0 saturated heterocycles. The van der Waals surface area contributed by atoms with Gasteiger partial charge in [-0.1, -0.05) is 6.08 Å². The number of nitrogens with two attached hydrogens (primary N) is 1. The van der Waals surface area contributed by atoms with Crippen LogP contribution in [0.25, 0.3) is 0 Å². The van der Waals surface area contributed by atoms with E-state index in [4.69, 9.17) is 10.5 Å². The van der Waals surface area contributed by atoms with Crippen molar-refractivity contribution in [1.29, 1.82) is 0 Å². The lowest BCUT2D eigenvalue weighted by molar-refractivity contribution is 0.276. The van der Waals surface area contributed by atoms with Crippen LogP contribution in [0.4, 0.5) is 0 Å². The van der Waals surface area contributed by atoms with Crippen LogP contribution in [0.3, 0.4) is 0 Å². The molecule has 1 aliphatic carbocycles. The molecule has 0 spiro atoms. The molecule has 0 heterocycles. The van der Waals surface area contributed by atoms with Crippen molar-refractivity contribution in [2.75, 3.05) is 13.7 Å². The molecular weight excluding hydrogens is 126 g/mol. The lowest BCUT2D eigenvalue weighted by atomic mass is 10.1. The standard InChI is InChI=1S/C8H13NO/c1-10-8-4-2-3-7(5-8)6-9/h3,5H,2,4,6,9H2,1H3. The van der Waals surface area contributed by atoms with E-state index in [1.54, 1.807) is 7.11 Å². The molecule has 0 bridgehead atoms. The number of ether oxygens (including phenoxy) is 1. The van der Waals surface area contributed by atoms with Crippen molar-refractivity contribution in [1.82, 2.24) is 0 Å². The summed E-state index contributed by atoms with van der Waals surface area (Å²) < 4.78 is 5.09. The first-order chi connectivity index (χ1) is 4.86. The Morgan fingerprint density at radius 1 is 1.70 bits per heavy atom. The first kappa shape index (κ1) is 7.35. The summed E-state index contributed by atoms with van der Waals surface area (Å²) in [6.45, 7) is 0.618. The van der Waals surface area contributed by atoms with Crippen LogP contribution in [0.15, 0.2) is 23.5 Å². The Morgan fingerprint density at radius 2 is 2.50 bits per heavy atom. The van der Waals surface area contributed by atoms with Crippen molar-refractivity contribution in [3.63, 3.8) is 0 Å². The van der Waals surface area contributed by atoms with Gasteiger partial charge < -0.3 is 10.5 Å². The Hall–Kier alpha value is -0.760. The summed E-state index contributed by atoms with van der Waals surface area (Å²) in [4.78, 5) is 0. The molecule has 0 aromatic carbocycles. The highest BCUT2D eigenvalue weighted by molar-refractivity contribution is 5.25. The van der Waals surface area contributed by atoms with Crippen LogP contribution >= 0.6 is 0 Å². The SMILES string of the molecule is COC1=CC(CN)=CCC1. The molecule has 56 valence electrons. The average Bonchev–Trinajstić information content (AvgIpc) is 2.05. The van der Waals surface area contributed by atoms with E-state index in [0.29, 0.717) is 6.54 Å². The lowest BCUT2D eigenvalue weighted by Crippen LogP contribution is -2.05. The predicted molar refractivity (Wildman–Crippen MR) is 41.5 cm³/mol. The third kappa shape index (κ3) is 1.61. The van der Waals surface area contributed by atoms with E-state index >= 15 is 0 Å². The molecule has 0 unspecified atom stereocenters. The van der Waals surface area contributed by atoms with E-state index in [2.05, 4.69) is 6.08 Å². The Balaban J connectivity index is 2.61. The molecule has 0 aliphatic heterocycles. The third-order valence-electron chi connectivity index (χ3n) is 1.64. The predicted octanol–water partition coefficient (Wildman–Crippen LogP) is 1.20. The van der Waals surface area contributed by atoms with Gasteiger partial charge in [0.25, 0.3) is 0 Å². The minimum Gasteiger partial charge on any atom is -0.501 e. The largest absolute Gasteiger partial charge is 0.501 e. The zero-order valence-electron chi connectivity index (χ0n) is 6.26. The molecular formula is C8H13NO. The van der Waals surface area contributed by atoms with Crippen molar-refractivity contribution < 1.29 is 4.74 Å². The van der Waals surface area contributed by atoms with Crippen LogP contribution in [-0.2, 0) is 4.74 Å². The summed E-state index contributed by atoms with van der Waals surface area (Å²) in [6, 6.07) is 0. The molecule has 2 heteroatoms. The molecule has 0 fully saturated rings. The molecule has 10 heavy (non-hydrogen) atoms. The zero-order chi connectivity index (χ0) is 7.40. The zero-order valence-corrected chi connectivity index (χ0v) is 6.26. The number of methoxy groups -OCH3 is 1. The van der Waals surface area contributed by atoms with E-state index in [0.717, 1.165) is 18.6 Å². The summed E-state index contributed by atoms with van der Waals surface area (Å²) in [6.07, 6.45) is 6.25. The van der Waals surface area contributed by atoms with Crippen molar-refractivity contribution in [3.8, 4) is 0 Å². The van der Waals surface area contributed by atoms with Crippen LogP contribution in [0.1, 0.15) is 12.8 Å². The molecule has 2 N–H and O–H groups in total. The molecule has 2 nitrogen and oxygen atoms in total. The number of allylic oxidation sites excluding steroid dienone is 2. The molecule has 0 saturated carbocycles. The molecule has 0 aromatic rings. The van der Waals surface area contributed by atoms with Gasteiger partial charge in [-0.25, -0.2) is 0 Å². The lowest BCUT2D eigenvalue weighted by Gasteiger charge is -2.10. The summed E-state index contributed by atoms with van der Waals surface area (Å²) in [5.74, 6) is 1.04. The van der Waals surface area contributed by atoms with E-state index in [9.17, 15) is 0 Å². The second-order valence-corrected chi connectivity index (χ2v) is 2.34. The van der Waals surface area contributed by atoms with E-state index in [1.807, 2.05) is 6.08 Å². The van der Waals surface area contributed by atoms with Gasteiger partial charge in [0.15, 0.2) is 0 Å². The fourth-order valence-electron chi connectivity index (χ4n) is 1.04. The van der Waals surface area contributed by atoms with E-state index in [1.165, 1.54) is 5.57 Å². The van der Waals surface area contributed by atoms with Gasteiger partial charge in [-0.2, -0.15) is 0 Å². The number of hydrogen-bond acceptors (Lipinski definition) is 2. The van der Waals surface area contributed by atoms with Gasteiger partial charge in [-0.05, 0) is 18.1 Å². The topological polar surface area (TPSA) is 35.2 Å². The number of rotatable bonds is 2. The Bertz CT molecular complexity index is 170. The average molecular weight is 139 g/mol. The molecule has 0 radical (unpaired) electrons. The van der Waals surface area contributed by atoms with Crippen molar-refractivity contribution in [2.24, 2.45) is 5.73 Å². The minimum atomic E-state index is 0.618. The van der Waals surface area contributed by atoms with E-state index < -0.39 is 0 Å². The van der Waals surface area contributed by atoms with Crippen LogP contribution in [0.2, 0.25) is 0 Å². The smallest absolute Gasteiger partial charge is 0.0961 e. The van der Waals surface area contributed by atoms with Gasteiger partial charge in [0, 0.05) is 13.0 Å². The molecule has 0 atom stereocenters. The van der Waals surface area contributed by atoms with Gasteiger partial charge in [-0.3, -0.25) is 0 Å². The highest BCUT2D eigenvalue weighted by Gasteiger charge is 2.02. The van der Waals surface area contributed by atoms with Crippen molar-refractivity contribution in [3.05, 3.63) is 23.5 Å². The molecule has 1 aliphatic rings. The maximum atomic E-state index is 5.45. The summed E-state index contributed by atoms with van der Waals surface area (Å²) >= 11 is 0. The minimum absolute atomic E-state index is 0.618. The summed E-state index contributed by atoms with van der Waals surface area (Å²) in [5, 5.41) is 0.